The standard InChI is InChI=1S/C27H24FN3O3/c1-34-21-11-12-24-22(16-21)20(17-30-24)15-25(31-26(32)19-8-3-2-4-9-19)27(33)29-14-13-18-7-5-6-10-23(18)28/h2-12,15-17,30H,13-14H2,1H3,(H,29,33)(H,31,32). The quantitative estimate of drug-likeness (QED) is 0.342. The van der Waals surface area contributed by atoms with Crippen molar-refractivity contribution in [2.24, 2.45) is 0 Å². The zero-order valence-corrected chi connectivity index (χ0v) is 18.6. The van der Waals surface area contributed by atoms with E-state index in [9.17, 15) is 14.0 Å². The molecule has 0 aliphatic heterocycles. The molecule has 7 heteroatoms. The highest BCUT2D eigenvalue weighted by Gasteiger charge is 2.16. The Morgan fingerprint density at radius 3 is 2.56 bits per heavy atom. The van der Waals surface area contributed by atoms with Gasteiger partial charge in [-0.25, -0.2) is 4.39 Å². The summed E-state index contributed by atoms with van der Waals surface area (Å²) in [5, 5.41) is 6.33. The number of ether oxygens (including phenoxy) is 1. The van der Waals surface area contributed by atoms with E-state index in [0.717, 1.165) is 10.9 Å². The van der Waals surface area contributed by atoms with Gasteiger partial charge in [0.15, 0.2) is 0 Å². The molecule has 0 atom stereocenters. The summed E-state index contributed by atoms with van der Waals surface area (Å²) >= 11 is 0. The lowest BCUT2D eigenvalue weighted by Crippen LogP contribution is -2.35. The van der Waals surface area contributed by atoms with Gasteiger partial charge >= 0.3 is 0 Å². The predicted octanol–water partition coefficient (Wildman–Crippen LogP) is 4.45. The second-order valence-corrected chi connectivity index (χ2v) is 7.63. The molecule has 0 unspecified atom stereocenters. The van der Waals surface area contributed by atoms with E-state index in [0.29, 0.717) is 28.9 Å². The third-order valence-corrected chi connectivity index (χ3v) is 5.39. The zero-order chi connectivity index (χ0) is 23.9. The van der Waals surface area contributed by atoms with E-state index < -0.39 is 11.8 Å². The minimum absolute atomic E-state index is 0.0751. The first kappa shape index (κ1) is 22.8. The summed E-state index contributed by atoms with van der Waals surface area (Å²) in [5.41, 5.74) is 2.58. The van der Waals surface area contributed by atoms with E-state index in [1.165, 1.54) is 6.07 Å². The Hall–Kier alpha value is -4.39. The minimum atomic E-state index is -0.474. The number of hydrogen-bond donors (Lipinski definition) is 3. The molecule has 6 nitrogen and oxygen atoms in total. The van der Waals surface area contributed by atoms with E-state index in [2.05, 4.69) is 15.6 Å². The van der Waals surface area contributed by atoms with E-state index in [-0.39, 0.29) is 18.1 Å². The molecule has 0 saturated carbocycles. The molecule has 0 bridgehead atoms. The number of amides is 2. The average Bonchev–Trinajstić information content (AvgIpc) is 3.27. The molecule has 0 fully saturated rings. The van der Waals surface area contributed by atoms with E-state index in [1.54, 1.807) is 61.8 Å². The number of aromatic nitrogens is 1. The Morgan fingerprint density at radius 1 is 1.03 bits per heavy atom. The molecule has 3 N–H and O–H groups in total. The number of hydrogen-bond acceptors (Lipinski definition) is 3. The highest BCUT2D eigenvalue weighted by molar-refractivity contribution is 6.06. The molecule has 0 aliphatic rings. The first-order valence-electron chi connectivity index (χ1n) is 10.8. The lowest BCUT2D eigenvalue weighted by molar-refractivity contribution is -0.117. The Bertz CT molecular complexity index is 1350. The van der Waals surface area contributed by atoms with Gasteiger partial charge in [0.2, 0.25) is 0 Å². The molecule has 1 aromatic heterocycles. The van der Waals surface area contributed by atoms with Crippen LogP contribution in [0.4, 0.5) is 4.39 Å². The Balaban J connectivity index is 1.59. The lowest BCUT2D eigenvalue weighted by atomic mass is 10.1. The SMILES string of the molecule is COc1ccc2[nH]cc(C=C(NC(=O)c3ccccc3)C(=O)NCCc3ccccc3F)c2c1. The van der Waals surface area contributed by atoms with Crippen LogP contribution in [0.25, 0.3) is 17.0 Å². The molecule has 0 aliphatic carbocycles. The number of nitrogens with one attached hydrogen (secondary N) is 3. The summed E-state index contributed by atoms with van der Waals surface area (Å²) in [6.45, 7) is 0.208. The van der Waals surface area contributed by atoms with Crippen LogP contribution in [0.1, 0.15) is 21.5 Å². The number of methoxy groups -OCH3 is 1. The van der Waals surface area contributed by atoms with Gasteiger partial charge in [-0.1, -0.05) is 36.4 Å². The fourth-order valence-electron chi connectivity index (χ4n) is 3.57. The van der Waals surface area contributed by atoms with Crippen LogP contribution in [0.5, 0.6) is 5.75 Å². The molecule has 4 rings (SSSR count). The molecule has 1 heterocycles. The summed E-state index contributed by atoms with van der Waals surface area (Å²) in [4.78, 5) is 29.0. The number of aromatic amines is 1. The maximum Gasteiger partial charge on any atom is 0.267 e. The third kappa shape index (κ3) is 5.32. The summed E-state index contributed by atoms with van der Waals surface area (Å²) in [6.07, 6.45) is 3.69. The van der Waals surface area contributed by atoms with E-state index in [4.69, 9.17) is 4.74 Å². The van der Waals surface area contributed by atoms with Gasteiger partial charge in [0.05, 0.1) is 7.11 Å². The van der Waals surface area contributed by atoms with Gasteiger partial charge in [-0.2, -0.15) is 0 Å². The van der Waals surface area contributed by atoms with Crippen LogP contribution >= 0.6 is 0 Å². The van der Waals surface area contributed by atoms with Crippen molar-refractivity contribution in [3.8, 4) is 5.75 Å². The summed E-state index contributed by atoms with van der Waals surface area (Å²) in [6, 6.07) is 20.6. The van der Waals surface area contributed by atoms with Crippen molar-refractivity contribution < 1.29 is 18.7 Å². The molecular formula is C27H24FN3O3. The summed E-state index contributed by atoms with van der Waals surface area (Å²) in [7, 11) is 1.58. The fraction of sp³-hybridized carbons (Fsp3) is 0.111. The summed E-state index contributed by atoms with van der Waals surface area (Å²) in [5.74, 6) is -0.532. The van der Waals surface area contributed by atoms with E-state index >= 15 is 0 Å². The molecular weight excluding hydrogens is 433 g/mol. The van der Waals surface area contributed by atoms with Gasteiger partial charge in [-0.05, 0) is 54.5 Å². The topological polar surface area (TPSA) is 83.2 Å². The van der Waals surface area contributed by atoms with Crippen molar-refractivity contribution in [2.45, 2.75) is 6.42 Å². The fourth-order valence-corrected chi connectivity index (χ4v) is 3.57. The second-order valence-electron chi connectivity index (χ2n) is 7.63. The third-order valence-electron chi connectivity index (χ3n) is 5.39. The number of benzene rings is 3. The average molecular weight is 458 g/mol. The minimum Gasteiger partial charge on any atom is -0.497 e. The molecule has 2 amide bonds. The molecule has 3 aromatic carbocycles. The van der Waals surface area contributed by atoms with Gasteiger partial charge in [0, 0.05) is 34.8 Å². The molecule has 0 saturated heterocycles. The van der Waals surface area contributed by atoms with Crippen LogP contribution in [-0.4, -0.2) is 30.5 Å². The molecule has 172 valence electrons. The van der Waals surface area contributed by atoms with Crippen molar-refractivity contribution >= 4 is 28.8 Å². The Kier molecular flexibility index (Phi) is 7.03. The highest BCUT2D eigenvalue weighted by atomic mass is 19.1. The van der Waals surface area contributed by atoms with Crippen molar-refractivity contribution in [3.05, 3.63) is 107 Å². The van der Waals surface area contributed by atoms with Crippen LogP contribution in [0.2, 0.25) is 0 Å². The van der Waals surface area contributed by atoms with Gasteiger partial charge in [-0.15, -0.1) is 0 Å². The molecule has 0 spiro atoms. The van der Waals surface area contributed by atoms with Crippen LogP contribution in [0.3, 0.4) is 0 Å². The van der Waals surface area contributed by atoms with Gasteiger partial charge in [0.1, 0.15) is 17.3 Å². The molecule has 34 heavy (non-hydrogen) atoms. The second kappa shape index (κ2) is 10.5. The van der Waals surface area contributed by atoms with Crippen molar-refractivity contribution in [1.82, 2.24) is 15.6 Å². The first-order valence-corrected chi connectivity index (χ1v) is 10.8. The zero-order valence-electron chi connectivity index (χ0n) is 18.6. The maximum absolute atomic E-state index is 13.9. The predicted molar refractivity (Wildman–Crippen MR) is 130 cm³/mol. The monoisotopic (exact) mass is 457 g/mol. The van der Waals surface area contributed by atoms with Gasteiger partial charge < -0.3 is 20.4 Å². The van der Waals surface area contributed by atoms with E-state index in [1.807, 2.05) is 24.3 Å². The lowest BCUT2D eigenvalue weighted by Gasteiger charge is -2.11. The number of H-pyrrole nitrogens is 1. The van der Waals surface area contributed by atoms with Crippen LogP contribution < -0.4 is 15.4 Å². The van der Waals surface area contributed by atoms with Crippen molar-refractivity contribution in [2.75, 3.05) is 13.7 Å². The Morgan fingerprint density at radius 2 is 1.79 bits per heavy atom. The molecule has 4 aromatic rings. The number of carbonyl (C=O) groups excluding carboxylic acids is 2. The van der Waals surface area contributed by atoms with Crippen LogP contribution in [0.15, 0.2) is 84.7 Å². The smallest absolute Gasteiger partial charge is 0.267 e. The maximum atomic E-state index is 13.9. The Labute approximate surface area is 196 Å². The number of rotatable bonds is 8. The number of halogens is 1. The van der Waals surface area contributed by atoms with Crippen LogP contribution in [0, 0.1) is 5.82 Å². The first-order chi connectivity index (χ1) is 16.5. The summed E-state index contributed by atoms with van der Waals surface area (Å²) < 4.78 is 19.2. The molecule has 0 radical (unpaired) electrons. The van der Waals surface area contributed by atoms with Gasteiger partial charge in [0.25, 0.3) is 11.8 Å². The van der Waals surface area contributed by atoms with Crippen molar-refractivity contribution in [1.29, 1.82) is 0 Å². The van der Waals surface area contributed by atoms with Crippen molar-refractivity contribution in [3.63, 3.8) is 0 Å². The number of carbonyl (C=O) groups is 2. The normalized spacial score (nSPS) is 11.3. The largest absolute Gasteiger partial charge is 0.497 e. The van der Waals surface area contributed by atoms with Gasteiger partial charge in [-0.3, -0.25) is 9.59 Å². The highest BCUT2D eigenvalue weighted by Crippen LogP contribution is 2.25. The number of fused-ring (bicyclic) bond motifs is 1. The van der Waals surface area contributed by atoms with Crippen LogP contribution in [-0.2, 0) is 11.2 Å².